The van der Waals surface area contributed by atoms with E-state index < -0.39 is 48.3 Å². The standard InChI is InChI=1S/C9H6F5NO3/c10-2-5-4(1-7(16)17)8(15-3-6(5)11)18-9(12,13)14/h3H,1-2H2,(H,16,17). The number of carbonyl (C=O) groups is 1. The molecule has 18 heavy (non-hydrogen) atoms. The van der Waals surface area contributed by atoms with E-state index in [0.29, 0.717) is 6.20 Å². The van der Waals surface area contributed by atoms with Crippen molar-refractivity contribution in [3.8, 4) is 5.88 Å². The van der Waals surface area contributed by atoms with Gasteiger partial charge in [-0.2, -0.15) is 0 Å². The summed E-state index contributed by atoms with van der Waals surface area (Å²) in [6, 6.07) is 0. The van der Waals surface area contributed by atoms with Crippen molar-refractivity contribution in [1.29, 1.82) is 0 Å². The molecule has 1 aromatic heterocycles. The first kappa shape index (κ1) is 14.1. The summed E-state index contributed by atoms with van der Waals surface area (Å²) < 4.78 is 65.0. The Labute approximate surface area is 97.0 Å². The van der Waals surface area contributed by atoms with Gasteiger partial charge >= 0.3 is 12.3 Å². The van der Waals surface area contributed by atoms with Crippen molar-refractivity contribution < 1.29 is 36.6 Å². The number of rotatable bonds is 4. The molecular formula is C9H6F5NO3. The van der Waals surface area contributed by atoms with Gasteiger partial charge in [-0.25, -0.2) is 13.8 Å². The molecule has 0 bridgehead atoms. The summed E-state index contributed by atoms with van der Waals surface area (Å²) in [7, 11) is 0. The predicted molar refractivity (Wildman–Crippen MR) is 47.0 cm³/mol. The first-order valence-corrected chi connectivity index (χ1v) is 4.44. The molecule has 0 aliphatic rings. The van der Waals surface area contributed by atoms with E-state index in [0.717, 1.165) is 0 Å². The second-order valence-corrected chi connectivity index (χ2v) is 3.12. The maximum absolute atomic E-state index is 13.1. The Bertz CT molecular complexity index is 460. The average Bonchev–Trinajstić information content (AvgIpc) is 2.20. The van der Waals surface area contributed by atoms with Gasteiger partial charge in [0.2, 0.25) is 5.88 Å². The maximum atomic E-state index is 13.1. The molecule has 1 N–H and O–H groups in total. The molecule has 0 unspecified atom stereocenters. The smallest absolute Gasteiger partial charge is 0.481 e. The topological polar surface area (TPSA) is 59.4 Å². The Morgan fingerprint density at radius 2 is 2.00 bits per heavy atom. The molecule has 0 saturated carbocycles. The Morgan fingerprint density at radius 1 is 1.39 bits per heavy atom. The molecule has 0 aliphatic heterocycles. The summed E-state index contributed by atoms with van der Waals surface area (Å²) in [5, 5.41) is 8.49. The molecule has 0 radical (unpaired) electrons. The molecule has 100 valence electrons. The molecule has 0 saturated heterocycles. The highest BCUT2D eigenvalue weighted by atomic mass is 19.4. The van der Waals surface area contributed by atoms with E-state index >= 15 is 0 Å². The van der Waals surface area contributed by atoms with Crippen molar-refractivity contribution in [3.63, 3.8) is 0 Å². The molecule has 1 heterocycles. The van der Waals surface area contributed by atoms with E-state index in [1.54, 1.807) is 0 Å². The van der Waals surface area contributed by atoms with Gasteiger partial charge in [0.1, 0.15) is 12.5 Å². The summed E-state index contributed by atoms with van der Waals surface area (Å²) in [5.41, 5.74) is -1.59. The molecule has 9 heteroatoms. The second kappa shape index (κ2) is 5.15. The lowest BCUT2D eigenvalue weighted by atomic mass is 10.1. The van der Waals surface area contributed by atoms with Crippen LogP contribution in [0.25, 0.3) is 0 Å². The fourth-order valence-corrected chi connectivity index (χ4v) is 1.22. The summed E-state index contributed by atoms with van der Waals surface area (Å²) in [4.78, 5) is 13.4. The Hall–Kier alpha value is -1.93. The number of hydrogen-bond acceptors (Lipinski definition) is 3. The fraction of sp³-hybridized carbons (Fsp3) is 0.333. The molecule has 1 rings (SSSR count). The van der Waals surface area contributed by atoms with Gasteiger partial charge in [-0.15, -0.1) is 13.2 Å². The van der Waals surface area contributed by atoms with Gasteiger partial charge in [0.05, 0.1) is 12.6 Å². The van der Waals surface area contributed by atoms with E-state index in [1.165, 1.54) is 0 Å². The van der Waals surface area contributed by atoms with E-state index in [-0.39, 0.29) is 0 Å². The first-order chi connectivity index (χ1) is 8.24. The van der Waals surface area contributed by atoms with Crippen LogP contribution in [0.4, 0.5) is 22.0 Å². The fourth-order valence-electron chi connectivity index (χ4n) is 1.22. The van der Waals surface area contributed by atoms with Crippen LogP contribution in [-0.4, -0.2) is 22.4 Å². The van der Waals surface area contributed by atoms with Gasteiger partial charge in [0, 0.05) is 11.1 Å². The lowest BCUT2D eigenvalue weighted by molar-refractivity contribution is -0.276. The van der Waals surface area contributed by atoms with Crippen LogP contribution >= 0.6 is 0 Å². The van der Waals surface area contributed by atoms with Crippen LogP contribution < -0.4 is 4.74 Å². The number of alkyl halides is 4. The van der Waals surface area contributed by atoms with Crippen LogP contribution in [0.2, 0.25) is 0 Å². The van der Waals surface area contributed by atoms with Crippen LogP contribution in [0.5, 0.6) is 5.88 Å². The normalized spacial score (nSPS) is 11.4. The van der Waals surface area contributed by atoms with Gasteiger partial charge in [-0.1, -0.05) is 0 Å². The lowest BCUT2D eigenvalue weighted by Gasteiger charge is -2.13. The molecule has 1 aromatic rings. The van der Waals surface area contributed by atoms with Crippen molar-refractivity contribution in [3.05, 3.63) is 23.1 Å². The van der Waals surface area contributed by atoms with E-state index in [1.807, 2.05) is 0 Å². The summed E-state index contributed by atoms with van der Waals surface area (Å²) in [6.45, 7) is -1.47. The van der Waals surface area contributed by atoms with Gasteiger partial charge in [0.25, 0.3) is 0 Å². The monoisotopic (exact) mass is 271 g/mol. The van der Waals surface area contributed by atoms with Crippen LogP contribution in [0.1, 0.15) is 11.1 Å². The third-order valence-corrected chi connectivity index (χ3v) is 1.88. The van der Waals surface area contributed by atoms with E-state index in [4.69, 9.17) is 5.11 Å². The molecule has 0 fully saturated rings. The Morgan fingerprint density at radius 3 is 2.44 bits per heavy atom. The zero-order valence-electron chi connectivity index (χ0n) is 8.59. The zero-order chi connectivity index (χ0) is 13.9. The number of carboxylic acid groups (broad SMARTS) is 1. The Balaban J connectivity index is 3.28. The van der Waals surface area contributed by atoms with E-state index in [9.17, 15) is 26.7 Å². The van der Waals surface area contributed by atoms with Crippen molar-refractivity contribution in [2.75, 3.05) is 0 Å². The molecule has 0 aromatic carbocycles. The minimum Gasteiger partial charge on any atom is -0.481 e. The molecular weight excluding hydrogens is 265 g/mol. The van der Waals surface area contributed by atoms with Crippen LogP contribution in [0.15, 0.2) is 6.20 Å². The number of ether oxygens (including phenoxy) is 1. The highest BCUT2D eigenvalue weighted by Gasteiger charge is 2.34. The van der Waals surface area contributed by atoms with Crippen molar-refractivity contribution in [2.45, 2.75) is 19.5 Å². The van der Waals surface area contributed by atoms with E-state index in [2.05, 4.69) is 9.72 Å². The quantitative estimate of drug-likeness (QED) is 0.853. The largest absolute Gasteiger partial charge is 0.574 e. The molecule has 0 amide bonds. The highest BCUT2D eigenvalue weighted by molar-refractivity contribution is 5.71. The Kier molecular flexibility index (Phi) is 4.04. The van der Waals surface area contributed by atoms with Crippen LogP contribution in [0, 0.1) is 5.82 Å². The van der Waals surface area contributed by atoms with Crippen LogP contribution in [-0.2, 0) is 17.9 Å². The SMILES string of the molecule is O=C(O)Cc1c(OC(F)(F)F)ncc(F)c1CF. The summed E-state index contributed by atoms with van der Waals surface area (Å²) in [6.07, 6.45) is -5.83. The maximum Gasteiger partial charge on any atom is 0.574 e. The zero-order valence-corrected chi connectivity index (χ0v) is 8.59. The number of hydrogen-bond donors (Lipinski definition) is 1. The minimum atomic E-state index is -5.13. The van der Waals surface area contributed by atoms with Gasteiger partial charge in [-0.05, 0) is 0 Å². The molecule has 0 atom stereocenters. The number of pyridine rings is 1. The number of aliphatic carboxylic acids is 1. The number of halogens is 5. The van der Waals surface area contributed by atoms with Crippen molar-refractivity contribution in [1.82, 2.24) is 4.98 Å². The first-order valence-electron chi connectivity index (χ1n) is 4.44. The summed E-state index contributed by atoms with van der Waals surface area (Å²) in [5.74, 6) is -3.97. The number of aromatic nitrogens is 1. The van der Waals surface area contributed by atoms with Gasteiger partial charge in [0.15, 0.2) is 0 Å². The molecule has 4 nitrogen and oxygen atoms in total. The molecule has 0 aliphatic carbocycles. The van der Waals surface area contributed by atoms with Gasteiger partial charge in [-0.3, -0.25) is 4.79 Å². The minimum absolute atomic E-state index is 0.335. The predicted octanol–water partition coefficient (Wildman–Crippen LogP) is 2.22. The summed E-state index contributed by atoms with van der Waals surface area (Å²) >= 11 is 0. The second-order valence-electron chi connectivity index (χ2n) is 3.12. The third-order valence-electron chi connectivity index (χ3n) is 1.88. The van der Waals surface area contributed by atoms with Crippen LogP contribution in [0.3, 0.4) is 0 Å². The lowest BCUT2D eigenvalue weighted by Crippen LogP contribution is -2.20. The number of nitrogens with zero attached hydrogens (tertiary/aromatic N) is 1. The highest BCUT2D eigenvalue weighted by Crippen LogP contribution is 2.28. The average molecular weight is 271 g/mol. The third kappa shape index (κ3) is 3.54. The number of carboxylic acids is 1. The van der Waals surface area contributed by atoms with Gasteiger partial charge < -0.3 is 9.84 Å². The van der Waals surface area contributed by atoms with Crippen molar-refractivity contribution >= 4 is 5.97 Å². The molecule has 0 spiro atoms. The van der Waals surface area contributed by atoms with Crippen molar-refractivity contribution in [2.24, 2.45) is 0 Å².